The molecule has 0 radical (unpaired) electrons. The third kappa shape index (κ3) is 9.20. The fourth-order valence-corrected chi connectivity index (χ4v) is 0. The second-order valence-corrected chi connectivity index (χ2v) is 0. The summed E-state index contributed by atoms with van der Waals surface area (Å²) >= 11 is 0. The average Bonchev–Trinajstić information content (AvgIpc) is 0. The van der Waals surface area contributed by atoms with Gasteiger partial charge in [-0.3, -0.25) is 0 Å². The summed E-state index contributed by atoms with van der Waals surface area (Å²) in [6, 6.07) is 0. The van der Waals surface area contributed by atoms with Crippen LogP contribution in [-0.4, -0.2) is 37.7 Å². The van der Waals surface area contributed by atoms with Crippen molar-refractivity contribution in [3.05, 3.63) is 0 Å². The Balaban J connectivity index is 0. The second kappa shape index (κ2) is 21.4. The summed E-state index contributed by atoms with van der Waals surface area (Å²) in [4.78, 5) is 0. The first-order chi connectivity index (χ1) is 0. The number of halogens is 2. The van der Waals surface area contributed by atoms with Crippen LogP contribution >= 0.6 is 24.8 Å². The zero-order valence-electron chi connectivity index (χ0n) is 1.52. The summed E-state index contributed by atoms with van der Waals surface area (Å²) in [7, 11) is 0. The Bertz CT molecular complexity index is 6.00. The van der Waals surface area contributed by atoms with Gasteiger partial charge < -0.3 is 6.15 Å². The first-order valence-electron chi connectivity index (χ1n) is 0. The van der Waals surface area contributed by atoms with Crippen molar-refractivity contribution >= 4 is 62.6 Å². The Kier molecular flexibility index (Phi) is 221. The van der Waals surface area contributed by atoms with Gasteiger partial charge in [0.2, 0.25) is 0 Å². The monoisotopic (exact) mass is 131 g/mol. The van der Waals surface area contributed by atoms with Gasteiger partial charge in [0, 0.05) is 0 Å². The molecule has 0 rings (SSSR count). The molecule has 0 unspecified atom stereocenters. The molecule has 3 N–H and O–H groups in total. The number of hydrogen-bond donors (Lipinski definition) is 1. The van der Waals surface area contributed by atoms with E-state index < -0.39 is 0 Å². The van der Waals surface area contributed by atoms with Crippen molar-refractivity contribution in [2.45, 2.75) is 0 Å². The van der Waals surface area contributed by atoms with Gasteiger partial charge in [-0.15, -0.1) is 24.8 Å². The summed E-state index contributed by atoms with van der Waals surface area (Å²) in [6.45, 7) is 0. The maximum atomic E-state index is 0. The first-order valence-corrected chi connectivity index (χ1v) is 0. The molecule has 0 saturated carbocycles. The fourth-order valence-electron chi connectivity index (χ4n) is 0. The fraction of sp³-hybridized carbons (Fsp3) is 0. The molecule has 0 spiro atoms. The molecule has 0 saturated heterocycles. The first kappa shape index (κ1) is 41.3. The van der Waals surface area contributed by atoms with Crippen molar-refractivity contribution < 1.29 is 0 Å². The SMILES string of the molecule is Cl.Cl.N.[CaH2]. The van der Waals surface area contributed by atoms with E-state index >= 15 is 0 Å². The quantitative estimate of drug-likeness (QED) is 0.465. The van der Waals surface area contributed by atoms with Crippen LogP contribution < -0.4 is 6.15 Å². The number of rotatable bonds is 0. The van der Waals surface area contributed by atoms with Crippen LogP contribution in [0.3, 0.4) is 0 Å². The van der Waals surface area contributed by atoms with E-state index in [1.165, 1.54) is 0 Å². The molecule has 0 aliphatic heterocycles. The zero-order chi connectivity index (χ0) is 0. The van der Waals surface area contributed by atoms with Gasteiger partial charge in [0.25, 0.3) is 0 Å². The molecule has 0 aliphatic rings. The zero-order valence-corrected chi connectivity index (χ0v) is 3.16. The van der Waals surface area contributed by atoms with E-state index in [0.29, 0.717) is 0 Å². The third-order valence-corrected chi connectivity index (χ3v) is 0. The van der Waals surface area contributed by atoms with E-state index in [0.717, 1.165) is 0 Å². The van der Waals surface area contributed by atoms with Crippen LogP contribution in [0.1, 0.15) is 0 Å². The van der Waals surface area contributed by atoms with E-state index in [9.17, 15) is 0 Å². The van der Waals surface area contributed by atoms with Crippen molar-refractivity contribution in [3.63, 3.8) is 0 Å². The minimum atomic E-state index is 0. The van der Waals surface area contributed by atoms with E-state index in [-0.39, 0.29) is 68.7 Å². The molecule has 0 heterocycles. The Labute approximate surface area is 67.9 Å². The second-order valence-electron chi connectivity index (χ2n) is 0. The van der Waals surface area contributed by atoms with E-state index in [1.807, 2.05) is 0 Å². The minimum absolute atomic E-state index is 0. The molecule has 4 heavy (non-hydrogen) atoms. The molecule has 0 atom stereocenters. The van der Waals surface area contributed by atoms with Gasteiger partial charge in [-0.05, 0) is 0 Å². The third-order valence-electron chi connectivity index (χ3n) is 0. The molecule has 0 fully saturated rings. The Morgan fingerprint density at radius 1 is 0.750 bits per heavy atom. The van der Waals surface area contributed by atoms with Gasteiger partial charge in [0.15, 0.2) is 0 Å². The van der Waals surface area contributed by atoms with Crippen molar-refractivity contribution in [2.24, 2.45) is 0 Å². The van der Waals surface area contributed by atoms with E-state index in [1.54, 1.807) is 0 Å². The van der Waals surface area contributed by atoms with Crippen LogP contribution in [0, 0.1) is 0 Å². The molecule has 1 nitrogen and oxygen atoms in total. The maximum absolute atomic E-state index is 0. The van der Waals surface area contributed by atoms with Crippen LogP contribution in [-0.2, 0) is 0 Å². The van der Waals surface area contributed by atoms with Crippen LogP contribution in [0.5, 0.6) is 0 Å². The Morgan fingerprint density at radius 3 is 0.750 bits per heavy atom. The van der Waals surface area contributed by atoms with Crippen molar-refractivity contribution in [1.82, 2.24) is 6.15 Å². The van der Waals surface area contributed by atoms with E-state index in [4.69, 9.17) is 0 Å². The standard InChI is InChI=1S/Ca.2ClH.H3N.2H/h;2*1H;1H3;;. The van der Waals surface area contributed by atoms with Gasteiger partial charge in [-0.25, -0.2) is 0 Å². The van der Waals surface area contributed by atoms with E-state index in [2.05, 4.69) is 0 Å². The topological polar surface area (TPSA) is 35.0 Å². The van der Waals surface area contributed by atoms with Crippen molar-refractivity contribution in [1.29, 1.82) is 0 Å². The van der Waals surface area contributed by atoms with Gasteiger partial charge in [-0.2, -0.15) is 0 Å². The molecule has 4 heteroatoms. The predicted octanol–water partition coefficient (Wildman–Crippen LogP) is 0.0894. The van der Waals surface area contributed by atoms with Gasteiger partial charge in [0.05, 0.1) is 0 Å². The van der Waals surface area contributed by atoms with Gasteiger partial charge in [0.1, 0.15) is 0 Å². The van der Waals surface area contributed by atoms with Crippen molar-refractivity contribution in [2.75, 3.05) is 0 Å². The van der Waals surface area contributed by atoms with Crippen LogP contribution in [0.4, 0.5) is 0 Å². The molecule has 0 aliphatic carbocycles. The summed E-state index contributed by atoms with van der Waals surface area (Å²) in [5, 5.41) is 0. The molecular weight excluding hydrogens is 125 g/mol. The van der Waals surface area contributed by atoms with Crippen LogP contribution in [0.25, 0.3) is 0 Å². The summed E-state index contributed by atoms with van der Waals surface area (Å²) in [6.07, 6.45) is 0. The molecular formula is H7CaCl2N. The van der Waals surface area contributed by atoms with Crippen molar-refractivity contribution in [3.8, 4) is 0 Å². The molecule has 0 amide bonds. The molecule has 0 aromatic rings. The summed E-state index contributed by atoms with van der Waals surface area (Å²) in [5.74, 6) is 0. The Morgan fingerprint density at radius 2 is 0.750 bits per heavy atom. The molecule has 0 aromatic carbocycles. The normalized spacial score (nSPS) is 0. The summed E-state index contributed by atoms with van der Waals surface area (Å²) in [5.41, 5.74) is 0. The molecule has 28 valence electrons. The summed E-state index contributed by atoms with van der Waals surface area (Å²) < 4.78 is 0. The predicted molar refractivity (Wildman–Crippen MR) is 28.1 cm³/mol. The van der Waals surface area contributed by atoms with Crippen LogP contribution in [0.2, 0.25) is 0 Å². The average molecular weight is 132 g/mol. The van der Waals surface area contributed by atoms with Gasteiger partial charge in [-0.1, -0.05) is 0 Å². The molecule has 0 bridgehead atoms. The number of hydrogen-bond acceptors (Lipinski definition) is 1. The van der Waals surface area contributed by atoms with Crippen LogP contribution in [0.15, 0.2) is 0 Å². The van der Waals surface area contributed by atoms with Gasteiger partial charge >= 0.3 is 37.7 Å². The Hall–Kier alpha value is 1.80. The molecule has 0 aromatic heterocycles.